The fourth-order valence-corrected chi connectivity index (χ4v) is 1.16. The third kappa shape index (κ3) is 1.06. The molecule has 0 saturated heterocycles. The highest BCUT2D eigenvalue weighted by atomic mass is 16.6. The summed E-state index contributed by atoms with van der Waals surface area (Å²) in [5.74, 6) is 0.152. The summed E-state index contributed by atoms with van der Waals surface area (Å²) in [4.78, 5) is 9.75. The second-order valence-corrected chi connectivity index (χ2v) is 2.94. The highest BCUT2D eigenvalue weighted by molar-refractivity contribution is 5.28. The average molecular weight is 168 g/mol. The normalized spacial score (nSPS) is 27.1. The van der Waals surface area contributed by atoms with Gasteiger partial charge in [0.05, 0.1) is 11.8 Å². The topological polar surface area (TPSA) is 97.8 Å². The molecule has 6 nitrogen and oxygen atoms in total. The van der Waals surface area contributed by atoms with E-state index in [9.17, 15) is 10.1 Å². The van der Waals surface area contributed by atoms with Crippen LogP contribution in [0.4, 0.5) is 5.82 Å². The SMILES string of the molecule is NC1CC1c1cc([N+](=O)[O-])[nH]n1. The summed E-state index contributed by atoms with van der Waals surface area (Å²) < 4.78 is 0. The third-order valence-electron chi connectivity index (χ3n) is 2.00. The predicted octanol–water partition coefficient (Wildman–Crippen LogP) is 0.132. The summed E-state index contributed by atoms with van der Waals surface area (Å²) in [5.41, 5.74) is 6.26. The van der Waals surface area contributed by atoms with Gasteiger partial charge < -0.3 is 15.8 Å². The van der Waals surface area contributed by atoms with Crippen LogP contribution in [0.25, 0.3) is 0 Å². The summed E-state index contributed by atoms with van der Waals surface area (Å²) >= 11 is 0. The number of H-pyrrole nitrogens is 1. The van der Waals surface area contributed by atoms with E-state index < -0.39 is 4.92 Å². The molecule has 6 heteroatoms. The van der Waals surface area contributed by atoms with Gasteiger partial charge >= 0.3 is 5.82 Å². The van der Waals surface area contributed by atoms with Crippen molar-refractivity contribution < 1.29 is 4.92 Å². The summed E-state index contributed by atoms with van der Waals surface area (Å²) in [7, 11) is 0. The molecule has 1 saturated carbocycles. The molecule has 0 spiro atoms. The molecule has 2 rings (SSSR count). The molecule has 2 unspecified atom stereocenters. The minimum absolute atomic E-state index is 0.0656. The van der Waals surface area contributed by atoms with Crippen molar-refractivity contribution in [2.75, 3.05) is 0 Å². The standard InChI is InChI=1S/C6H8N4O2/c7-4-1-3(4)5-2-6(9-8-5)10(11)12/h2-4H,1,7H2,(H,8,9). The molecule has 0 aromatic carbocycles. The van der Waals surface area contributed by atoms with Crippen LogP contribution in [0, 0.1) is 10.1 Å². The van der Waals surface area contributed by atoms with Crippen LogP contribution < -0.4 is 5.73 Å². The van der Waals surface area contributed by atoms with E-state index in [1.54, 1.807) is 0 Å². The van der Waals surface area contributed by atoms with E-state index in [1.165, 1.54) is 6.07 Å². The Kier molecular flexibility index (Phi) is 1.37. The van der Waals surface area contributed by atoms with Crippen LogP contribution in [-0.4, -0.2) is 21.2 Å². The summed E-state index contributed by atoms with van der Waals surface area (Å²) in [6.07, 6.45) is 0.877. The van der Waals surface area contributed by atoms with E-state index in [0.717, 1.165) is 6.42 Å². The zero-order valence-electron chi connectivity index (χ0n) is 6.23. The molecule has 1 aromatic rings. The summed E-state index contributed by atoms with van der Waals surface area (Å²) in [5, 5.41) is 16.4. The van der Waals surface area contributed by atoms with E-state index in [4.69, 9.17) is 5.73 Å². The number of aromatic amines is 1. The van der Waals surface area contributed by atoms with E-state index in [1.807, 2.05) is 0 Å². The van der Waals surface area contributed by atoms with Crippen molar-refractivity contribution in [1.29, 1.82) is 0 Å². The Morgan fingerprint density at radius 2 is 2.50 bits per heavy atom. The van der Waals surface area contributed by atoms with Crippen LogP contribution in [0.1, 0.15) is 18.0 Å². The molecule has 0 bridgehead atoms. The van der Waals surface area contributed by atoms with Gasteiger partial charge in [0.25, 0.3) is 0 Å². The van der Waals surface area contributed by atoms with Gasteiger partial charge in [0.1, 0.15) is 0 Å². The minimum atomic E-state index is -0.496. The lowest BCUT2D eigenvalue weighted by Gasteiger charge is -1.85. The Hall–Kier alpha value is -1.43. The molecule has 64 valence electrons. The second kappa shape index (κ2) is 2.28. The third-order valence-corrected chi connectivity index (χ3v) is 2.00. The first kappa shape index (κ1) is 7.23. The van der Waals surface area contributed by atoms with E-state index >= 15 is 0 Å². The Morgan fingerprint density at radius 1 is 1.83 bits per heavy atom. The summed E-state index contributed by atoms with van der Waals surface area (Å²) in [6, 6.07) is 1.57. The van der Waals surface area contributed by atoms with Crippen molar-refractivity contribution in [2.45, 2.75) is 18.4 Å². The summed E-state index contributed by atoms with van der Waals surface area (Å²) in [6.45, 7) is 0. The van der Waals surface area contributed by atoms with Gasteiger partial charge in [0.15, 0.2) is 0 Å². The molecule has 2 atom stereocenters. The monoisotopic (exact) mass is 168 g/mol. The van der Waals surface area contributed by atoms with Crippen molar-refractivity contribution >= 4 is 5.82 Å². The Bertz CT molecular complexity index is 321. The highest BCUT2D eigenvalue weighted by Gasteiger charge is 2.38. The fraction of sp³-hybridized carbons (Fsp3) is 0.500. The number of hydrogen-bond acceptors (Lipinski definition) is 4. The largest absolute Gasteiger partial charge is 0.358 e. The van der Waals surface area contributed by atoms with Crippen molar-refractivity contribution in [3.63, 3.8) is 0 Å². The zero-order valence-corrected chi connectivity index (χ0v) is 6.23. The lowest BCUT2D eigenvalue weighted by atomic mass is 10.3. The van der Waals surface area contributed by atoms with Crippen molar-refractivity contribution in [3.8, 4) is 0 Å². The maximum atomic E-state index is 10.2. The van der Waals surface area contributed by atoms with E-state index in [2.05, 4.69) is 10.2 Å². The molecule has 12 heavy (non-hydrogen) atoms. The zero-order chi connectivity index (χ0) is 8.72. The van der Waals surface area contributed by atoms with Gasteiger partial charge in [-0.3, -0.25) is 0 Å². The maximum absolute atomic E-state index is 10.2. The van der Waals surface area contributed by atoms with Crippen molar-refractivity contribution in [1.82, 2.24) is 10.2 Å². The Morgan fingerprint density at radius 3 is 2.92 bits per heavy atom. The Balaban J connectivity index is 2.19. The molecule has 3 N–H and O–H groups in total. The van der Waals surface area contributed by atoms with Crippen molar-refractivity contribution in [3.05, 3.63) is 21.9 Å². The van der Waals surface area contributed by atoms with Gasteiger partial charge in [-0.1, -0.05) is 5.10 Å². The minimum Gasteiger partial charge on any atom is -0.358 e. The van der Waals surface area contributed by atoms with E-state index in [0.29, 0.717) is 5.69 Å². The number of nitrogens with two attached hydrogens (primary N) is 1. The molecule has 1 aromatic heterocycles. The molecular formula is C6H8N4O2. The predicted molar refractivity (Wildman–Crippen MR) is 40.6 cm³/mol. The number of rotatable bonds is 2. The average Bonchev–Trinajstić information content (AvgIpc) is 2.59. The number of aromatic nitrogens is 2. The van der Waals surface area contributed by atoms with Gasteiger partial charge in [-0.25, -0.2) is 0 Å². The molecule has 0 amide bonds. The molecule has 1 aliphatic carbocycles. The van der Waals surface area contributed by atoms with Crippen LogP contribution in [0.3, 0.4) is 0 Å². The van der Waals surface area contributed by atoms with Gasteiger partial charge in [0.2, 0.25) is 0 Å². The van der Waals surface area contributed by atoms with Gasteiger partial charge in [0, 0.05) is 12.0 Å². The number of hydrogen-bond donors (Lipinski definition) is 2. The number of nitrogens with one attached hydrogen (secondary N) is 1. The number of nitro groups is 1. The Labute approximate surface area is 67.9 Å². The second-order valence-electron chi connectivity index (χ2n) is 2.94. The quantitative estimate of drug-likeness (QED) is 0.484. The maximum Gasteiger partial charge on any atom is 0.342 e. The van der Waals surface area contributed by atoms with Crippen LogP contribution in [0.2, 0.25) is 0 Å². The molecule has 1 heterocycles. The van der Waals surface area contributed by atoms with Gasteiger partial charge in [-0.05, 0) is 11.3 Å². The first-order valence-corrected chi connectivity index (χ1v) is 3.64. The first-order valence-electron chi connectivity index (χ1n) is 3.64. The molecule has 1 aliphatic rings. The van der Waals surface area contributed by atoms with Crippen LogP contribution in [0.5, 0.6) is 0 Å². The van der Waals surface area contributed by atoms with Crippen molar-refractivity contribution in [2.24, 2.45) is 5.73 Å². The molecule has 1 fully saturated rings. The van der Waals surface area contributed by atoms with Crippen LogP contribution in [-0.2, 0) is 0 Å². The molecule has 0 aliphatic heterocycles. The van der Waals surface area contributed by atoms with E-state index in [-0.39, 0.29) is 17.8 Å². The fourth-order valence-electron chi connectivity index (χ4n) is 1.16. The lowest BCUT2D eigenvalue weighted by molar-refractivity contribution is -0.389. The molecular weight excluding hydrogens is 160 g/mol. The van der Waals surface area contributed by atoms with Gasteiger partial charge in [-0.2, -0.15) is 0 Å². The highest BCUT2D eigenvalue weighted by Crippen LogP contribution is 2.38. The van der Waals surface area contributed by atoms with Gasteiger partial charge in [-0.15, -0.1) is 5.10 Å². The van der Waals surface area contributed by atoms with Crippen LogP contribution >= 0.6 is 0 Å². The number of nitrogens with zero attached hydrogens (tertiary/aromatic N) is 2. The molecule has 0 radical (unpaired) electrons. The van der Waals surface area contributed by atoms with Crippen LogP contribution in [0.15, 0.2) is 6.07 Å². The lowest BCUT2D eigenvalue weighted by Crippen LogP contribution is -2.00. The first-order chi connectivity index (χ1) is 5.68. The smallest absolute Gasteiger partial charge is 0.342 e.